The van der Waals surface area contributed by atoms with Gasteiger partial charge in [-0.05, 0) is 55.3 Å². The maximum absolute atomic E-state index is 12.1. The van der Waals surface area contributed by atoms with E-state index in [0.29, 0.717) is 13.2 Å². The van der Waals surface area contributed by atoms with Gasteiger partial charge in [-0.1, -0.05) is 19.6 Å². The Bertz CT molecular complexity index is 726. The molecule has 0 fully saturated rings. The fourth-order valence-electron chi connectivity index (χ4n) is 2.14. The highest BCUT2D eigenvalue weighted by Crippen LogP contribution is 2.18. The molecule has 0 heterocycles. The van der Waals surface area contributed by atoms with Crippen molar-refractivity contribution in [2.24, 2.45) is 0 Å². The standard InChI is InChI=1S/C21H26N2O3/c1-4-12-25-20-7-5-6-18(13-20)22-14-21(24)23-17-8-10-19(11-9-17)26-15-16(2)3/h5-11,13,22H,2,4,12,14-15H2,1,3H3,(H,23,24). The van der Waals surface area contributed by atoms with E-state index in [4.69, 9.17) is 9.47 Å². The Morgan fingerprint density at radius 1 is 1.04 bits per heavy atom. The number of benzene rings is 2. The number of ether oxygens (including phenoxy) is 2. The normalized spacial score (nSPS) is 10.1. The van der Waals surface area contributed by atoms with Crippen molar-refractivity contribution in [3.8, 4) is 11.5 Å². The second-order valence-electron chi connectivity index (χ2n) is 6.05. The fraction of sp³-hybridized carbons (Fsp3) is 0.286. The molecule has 0 atom stereocenters. The van der Waals surface area contributed by atoms with Crippen LogP contribution in [0.4, 0.5) is 11.4 Å². The average molecular weight is 354 g/mol. The van der Waals surface area contributed by atoms with Crippen LogP contribution in [0.2, 0.25) is 0 Å². The third kappa shape index (κ3) is 6.89. The summed E-state index contributed by atoms with van der Waals surface area (Å²) in [7, 11) is 0. The summed E-state index contributed by atoms with van der Waals surface area (Å²) in [4.78, 5) is 12.1. The van der Waals surface area contributed by atoms with Crippen molar-refractivity contribution in [2.75, 3.05) is 30.4 Å². The molecule has 5 heteroatoms. The molecular weight excluding hydrogens is 328 g/mol. The maximum atomic E-state index is 12.1. The number of hydrogen-bond acceptors (Lipinski definition) is 4. The number of nitrogens with one attached hydrogen (secondary N) is 2. The van der Waals surface area contributed by atoms with E-state index < -0.39 is 0 Å². The molecule has 0 aromatic heterocycles. The molecule has 5 nitrogen and oxygen atoms in total. The fourth-order valence-corrected chi connectivity index (χ4v) is 2.14. The lowest BCUT2D eigenvalue weighted by Crippen LogP contribution is -2.21. The van der Waals surface area contributed by atoms with Crippen molar-refractivity contribution >= 4 is 17.3 Å². The Morgan fingerprint density at radius 3 is 2.50 bits per heavy atom. The second-order valence-corrected chi connectivity index (χ2v) is 6.05. The van der Waals surface area contributed by atoms with E-state index in [2.05, 4.69) is 24.1 Å². The van der Waals surface area contributed by atoms with Crippen molar-refractivity contribution in [1.29, 1.82) is 0 Å². The third-order valence-corrected chi connectivity index (χ3v) is 3.38. The van der Waals surface area contributed by atoms with Crippen molar-refractivity contribution in [2.45, 2.75) is 20.3 Å². The van der Waals surface area contributed by atoms with Crippen molar-refractivity contribution < 1.29 is 14.3 Å². The van der Waals surface area contributed by atoms with Crippen molar-refractivity contribution in [1.82, 2.24) is 0 Å². The zero-order valence-electron chi connectivity index (χ0n) is 15.4. The van der Waals surface area contributed by atoms with Gasteiger partial charge in [0.1, 0.15) is 18.1 Å². The van der Waals surface area contributed by atoms with E-state index in [0.717, 1.165) is 34.9 Å². The number of anilines is 2. The highest BCUT2D eigenvalue weighted by Gasteiger charge is 2.04. The van der Waals surface area contributed by atoms with Crippen LogP contribution in [-0.2, 0) is 4.79 Å². The molecule has 0 radical (unpaired) electrons. The van der Waals surface area contributed by atoms with E-state index in [1.165, 1.54) is 0 Å². The molecule has 0 saturated heterocycles. The van der Waals surface area contributed by atoms with E-state index in [9.17, 15) is 4.79 Å². The lowest BCUT2D eigenvalue weighted by Gasteiger charge is -2.10. The van der Waals surface area contributed by atoms with Gasteiger partial charge in [0.15, 0.2) is 0 Å². The number of carbonyl (C=O) groups is 1. The Morgan fingerprint density at radius 2 is 1.81 bits per heavy atom. The minimum Gasteiger partial charge on any atom is -0.494 e. The van der Waals surface area contributed by atoms with Gasteiger partial charge in [-0.15, -0.1) is 0 Å². The van der Waals surface area contributed by atoms with E-state index in [1.807, 2.05) is 55.5 Å². The van der Waals surface area contributed by atoms with Gasteiger partial charge < -0.3 is 20.1 Å². The first kappa shape index (κ1) is 19.4. The minimum atomic E-state index is -0.125. The van der Waals surface area contributed by atoms with Gasteiger partial charge in [-0.25, -0.2) is 0 Å². The molecule has 2 aromatic rings. The highest BCUT2D eigenvalue weighted by molar-refractivity contribution is 5.93. The van der Waals surface area contributed by atoms with Crippen LogP contribution in [0.15, 0.2) is 60.7 Å². The second kappa shape index (κ2) is 10.1. The summed E-state index contributed by atoms with van der Waals surface area (Å²) >= 11 is 0. The van der Waals surface area contributed by atoms with Gasteiger partial charge in [0, 0.05) is 17.4 Å². The summed E-state index contributed by atoms with van der Waals surface area (Å²) < 4.78 is 11.1. The number of rotatable bonds is 10. The van der Waals surface area contributed by atoms with Gasteiger partial charge >= 0.3 is 0 Å². The van der Waals surface area contributed by atoms with E-state index in [1.54, 1.807) is 0 Å². The smallest absolute Gasteiger partial charge is 0.243 e. The lowest BCUT2D eigenvalue weighted by atomic mass is 10.3. The van der Waals surface area contributed by atoms with Crippen LogP contribution in [0.5, 0.6) is 11.5 Å². The highest BCUT2D eigenvalue weighted by atomic mass is 16.5. The van der Waals surface area contributed by atoms with Gasteiger partial charge in [0.2, 0.25) is 5.91 Å². The molecule has 2 rings (SSSR count). The summed E-state index contributed by atoms with van der Waals surface area (Å²) in [5.74, 6) is 1.41. The van der Waals surface area contributed by atoms with Crippen molar-refractivity contribution in [3.63, 3.8) is 0 Å². The molecule has 0 aliphatic rings. The van der Waals surface area contributed by atoms with Crippen LogP contribution in [0.3, 0.4) is 0 Å². The average Bonchev–Trinajstić information content (AvgIpc) is 2.64. The van der Waals surface area contributed by atoms with Crippen LogP contribution >= 0.6 is 0 Å². The molecule has 138 valence electrons. The van der Waals surface area contributed by atoms with Crippen LogP contribution in [0.25, 0.3) is 0 Å². The Labute approximate surface area is 155 Å². The molecule has 2 aromatic carbocycles. The summed E-state index contributed by atoms with van der Waals surface area (Å²) in [5.41, 5.74) is 2.52. The molecule has 26 heavy (non-hydrogen) atoms. The molecule has 2 N–H and O–H groups in total. The SMILES string of the molecule is C=C(C)COc1ccc(NC(=O)CNc2cccc(OCCC)c2)cc1. The van der Waals surface area contributed by atoms with Gasteiger partial charge in [0.25, 0.3) is 0 Å². The van der Waals surface area contributed by atoms with Crippen LogP contribution in [0.1, 0.15) is 20.3 Å². The first-order chi connectivity index (χ1) is 12.6. The Kier molecular flexibility index (Phi) is 7.55. The Balaban J connectivity index is 1.80. The lowest BCUT2D eigenvalue weighted by molar-refractivity contribution is -0.114. The molecule has 0 spiro atoms. The Hall–Kier alpha value is -2.95. The van der Waals surface area contributed by atoms with Crippen molar-refractivity contribution in [3.05, 3.63) is 60.7 Å². The molecule has 1 amide bonds. The summed E-state index contributed by atoms with van der Waals surface area (Å²) in [5, 5.41) is 5.95. The quantitative estimate of drug-likeness (QED) is 0.618. The summed E-state index contributed by atoms with van der Waals surface area (Å²) in [6, 6.07) is 14.8. The molecule has 0 unspecified atom stereocenters. The maximum Gasteiger partial charge on any atom is 0.243 e. The largest absolute Gasteiger partial charge is 0.494 e. The molecule has 0 saturated carbocycles. The number of amides is 1. The summed E-state index contributed by atoms with van der Waals surface area (Å²) in [6.07, 6.45) is 0.955. The van der Waals surface area contributed by atoms with Crippen LogP contribution in [0, 0.1) is 0 Å². The van der Waals surface area contributed by atoms with Crippen LogP contribution in [-0.4, -0.2) is 25.7 Å². The van der Waals surface area contributed by atoms with Gasteiger partial charge in [0.05, 0.1) is 13.2 Å². The molecule has 0 bridgehead atoms. The van der Waals surface area contributed by atoms with Gasteiger partial charge in [-0.2, -0.15) is 0 Å². The van der Waals surface area contributed by atoms with Gasteiger partial charge in [-0.3, -0.25) is 4.79 Å². The zero-order chi connectivity index (χ0) is 18.8. The predicted molar refractivity (Wildman–Crippen MR) is 106 cm³/mol. The predicted octanol–water partition coefficient (Wildman–Crippen LogP) is 4.48. The topological polar surface area (TPSA) is 59.6 Å². The first-order valence-electron chi connectivity index (χ1n) is 8.70. The zero-order valence-corrected chi connectivity index (χ0v) is 15.4. The monoisotopic (exact) mass is 354 g/mol. The minimum absolute atomic E-state index is 0.125. The van der Waals surface area contributed by atoms with Crippen LogP contribution < -0.4 is 20.1 Å². The molecular formula is C21H26N2O3. The molecule has 0 aliphatic heterocycles. The first-order valence-corrected chi connectivity index (χ1v) is 8.70. The van der Waals surface area contributed by atoms with E-state index in [-0.39, 0.29) is 12.5 Å². The van der Waals surface area contributed by atoms with E-state index >= 15 is 0 Å². The summed E-state index contributed by atoms with van der Waals surface area (Å²) in [6.45, 7) is 9.10. The number of carbonyl (C=O) groups excluding carboxylic acids is 1. The molecule has 0 aliphatic carbocycles. The third-order valence-electron chi connectivity index (χ3n) is 3.38. The number of hydrogen-bond donors (Lipinski definition) is 2.